The van der Waals surface area contributed by atoms with E-state index in [1.54, 1.807) is 7.11 Å². The quantitative estimate of drug-likeness (QED) is 0.942. The molecule has 0 spiro atoms. The molecular formula is C20H23NO2. The van der Waals surface area contributed by atoms with Gasteiger partial charge < -0.3 is 9.84 Å². The van der Waals surface area contributed by atoms with Crippen LogP contribution in [0.1, 0.15) is 17.5 Å². The van der Waals surface area contributed by atoms with Crippen LogP contribution in [-0.4, -0.2) is 30.2 Å². The molecule has 23 heavy (non-hydrogen) atoms. The van der Waals surface area contributed by atoms with E-state index < -0.39 is 5.60 Å². The van der Waals surface area contributed by atoms with Crippen LogP contribution >= 0.6 is 0 Å². The van der Waals surface area contributed by atoms with Crippen LogP contribution in [0.15, 0.2) is 54.6 Å². The fourth-order valence-corrected chi connectivity index (χ4v) is 4.30. The zero-order valence-electron chi connectivity index (χ0n) is 13.5. The third-order valence-electron chi connectivity index (χ3n) is 5.57. The summed E-state index contributed by atoms with van der Waals surface area (Å²) in [6.45, 7) is 2.91. The fraction of sp³-hybridized carbons (Fsp3) is 0.400. The van der Waals surface area contributed by atoms with Gasteiger partial charge in [0.2, 0.25) is 0 Å². The third kappa shape index (κ3) is 2.44. The van der Waals surface area contributed by atoms with Gasteiger partial charge in [0.1, 0.15) is 5.75 Å². The Balaban J connectivity index is 1.48. The summed E-state index contributed by atoms with van der Waals surface area (Å²) in [7, 11) is 1.67. The van der Waals surface area contributed by atoms with Crippen LogP contribution in [0.3, 0.4) is 0 Å². The number of ether oxygens (including phenoxy) is 1. The van der Waals surface area contributed by atoms with Gasteiger partial charge in [0.15, 0.2) is 0 Å². The van der Waals surface area contributed by atoms with E-state index in [2.05, 4.69) is 35.2 Å². The van der Waals surface area contributed by atoms with Gasteiger partial charge in [0, 0.05) is 31.5 Å². The molecule has 0 aromatic heterocycles. The molecule has 3 nitrogen and oxygen atoms in total. The van der Waals surface area contributed by atoms with Crippen molar-refractivity contribution in [2.45, 2.75) is 18.6 Å². The topological polar surface area (TPSA) is 32.7 Å². The molecule has 0 radical (unpaired) electrons. The van der Waals surface area contributed by atoms with E-state index in [1.165, 1.54) is 5.56 Å². The number of fused-ring (bicyclic) bond motifs is 2. The van der Waals surface area contributed by atoms with Crippen molar-refractivity contribution in [2.75, 3.05) is 20.2 Å². The molecule has 3 fully saturated rings. The van der Waals surface area contributed by atoms with Gasteiger partial charge in [-0.15, -0.1) is 0 Å². The van der Waals surface area contributed by atoms with Crippen molar-refractivity contribution >= 4 is 0 Å². The van der Waals surface area contributed by atoms with Gasteiger partial charge >= 0.3 is 0 Å². The first-order chi connectivity index (χ1) is 11.2. The SMILES string of the molecule is COc1ccc(C2(O)[C@@H]3C[C@@H]2CN(Cc2ccccc2)C3)cc1. The maximum Gasteiger partial charge on any atom is 0.118 e. The number of nitrogens with zero attached hydrogens (tertiary/aromatic N) is 1. The average Bonchev–Trinajstić information content (AvgIpc) is 2.62. The Morgan fingerprint density at radius 3 is 2.30 bits per heavy atom. The molecule has 2 heterocycles. The second-order valence-electron chi connectivity index (χ2n) is 6.86. The third-order valence-corrected chi connectivity index (χ3v) is 5.57. The summed E-state index contributed by atoms with van der Waals surface area (Å²) in [5.41, 5.74) is 1.74. The summed E-state index contributed by atoms with van der Waals surface area (Å²) in [5, 5.41) is 11.2. The first-order valence-electron chi connectivity index (χ1n) is 8.33. The molecule has 120 valence electrons. The van der Waals surface area contributed by atoms with Gasteiger partial charge in [-0.2, -0.15) is 0 Å². The Labute approximate surface area is 137 Å². The smallest absolute Gasteiger partial charge is 0.118 e. The number of hydrogen-bond donors (Lipinski definition) is 1. The van der Waals surface area contributed by atoms with Crippen molar-refractivity contribution in [1.29, 1.82) is 0 Å². The molecule has 0 unspecified atom stereocenters. The Morgan fingerprint density at radius 1 is 1.04 bits per heavy atom. The Kier molecular flexibility index (Phi) is 3.63. The van der Waals surface area contributed by atoms with E-state index in [1.807, 2.05) is 24.3 Å². The Bertz CT molecular complexity index is 656. The van der Waals surface area contributed by atoms with Crippen LogP contribution in [0.2, 0.25) is 0 Å². The van der Waals surface area contributed by atoms with Crippen LogP contribution in [0, 0.1) is 11.8 Å². The molecule has 2 saturated heterocycles. The molecule has 3 heteroatoms. The lowest BCUT2D eigenvalue weighted by Gasteiger charge is -2.59. The molecule has 2 atom stereocenters. The van der Waals surface area contributed by atoms with E-state index >= 15 is 0 Å². The number of methoxy groups -OCH3 is 1. The summed E-state index contributed by atoms with van der Waals surface area (Å²) >= 11 is 0. The second-order valence-corrected chi connectivity index (χ2v) is 6.86. The number of rotatable bonds is 4. The Hall–Kier alpha value is -1.84. The number of piperidine rings is 2. The molecule has 0 amide bonds. The molecule has 2 aromatic rings. The zero-order valence-corrected chi connectivity index (χ0v) is 13.5. The molecule has 1 aliphatic carbocycles. The lowest BCUT2D eigenvalue weighted by atomic mass is 9.55. The van der Waals surface area contributed by atoms with E-state index in [9.17, 15) is 5.11 Å². The first-order valence-corrected chi connectivity index (χ1v) is 8.33. The fourth-order valence-electron chi connectivity index (χ4n) is 4.30. The lowest BCUT2D eigenvalue weighted by molar-refractivity contribution is -0.205. The van der Waals surface area contributed by atoms with Crippen molar-refractivity contribution in [3.05, 3.63) is 65.7 Å². The predicted octanol–water partition coefficient (Wildman–Crippen LogP) is 3.03. The number of aliphatic hydroxyl groups is 1. The van der Waals surface area contributed by atoms with Gasteiger partial charge in [-0.25, -0.2) is 0 Å². The average molecular weight is 309 g/mol. The summed E-state index contributed by atoms with van der Waals surface area (Å²) in [5.74, 6) is 1.50. The van der Waals surface area contributed by atoms with Crippen LogP contribution in [-0.2, 0) is 12.1 Å². The highest BCUT2D eigenvalue weighted by molar-refractivity contribution is 5.35. The maximum atomic E-state index is 11.2. The van der Waals surface area contributed by atoms with Crippen LogP contribution in [0.5, 0.6) is 5.75 Å². The van der Waals surface area contributed by atoms with Crippen molar-refractivity contribution in [1.82, 2.24) is 4.90 Å². The zero-order chi connectivity index (χ0) is 15.9. The minimum atomic E-state index is -0.653. The van der Waals surface area contributed by atoms with Crippen molar-refractivity contribution in [3.8, 4) is 5.75 Å². The van der Waals surface area contributed by atoms with Crippen LogP contribution in [0.25, 0.3) is 0 Å². The van der Waals surface area contributed by atoms with Gasteiger partial charge in [-0.05, 0) is 29.7 Å². The molecule has 2 aliphatic heterocycles. The summed E-state index contributed by atoms with van der Waals surface area (Å²) in [4.78, 5) is 2.48. The van der Waals surface area contributed by atoms with Gasteiger partial charge in [0.05, 0.1) is 12.7 Å². The van der Waals surface area contributed by atoms with E-state index in [0.29, 0.717) is 11.8 Å². The maximum absolute atomic E-state index is 11.2. The van der Waals surface area contributed by atoms with Crippen molar-refractivity contribution < 1.29 is 9.84 Å². The van der Waals surface area contributed by atoms with E-state index in [-0.39, 0.29) is 0 Å². The molecule has 2 bridgehead atoms. The van der Waals surface area contributed by atoms with Gasteiger partial charge in [-0.3, -0.25) is 4.90 Å². The molecular weight excluding hydrogens is 286 g/mol. The molecule has 1 N–H and O–H groups in total. The summed E-state index contributed by atoms with van der Waals surface area (Å²) < 4.78 is 5.22. The van der Waals surface area contributed by atoms with Gasteiger partial charge in [0.25, 0.3) is 0 Å². The standard InChI is InChI=1S/C20H23NO2/c1-23-19-9-7-16(8-10-19)20(22)17-11-18(20)14-21(13-17)12-15-5-3-2-4-6-15/h2-10,17-18,22H,11-14H2,1H3/t17-,18-/m1/s1. The highest BCUT2D eigenvalue weighted by atomic mass is 16.5. The van der Waals surface area contributed by atoms with Crippen LogP contribution < -0.4 is 4.74 Å². The molecule has 3 aliphatic rings. The largest absolute Gasteiger partial charge is 0.497 e. The second kappa shape index (κ2) is 5.66. The minimum Gasteiger partial charge on any atom is -0.497 e. The summed E-state index contributed by atoms with van der Waals surface area (Å²) in [6, 6.07) is 18.5. The first kappa shape index (κ1) is 14.7. The Morgan fingerprint density at radius 2 is 1.70 bits per heavy atom. The van der Waals surface area contributed by atoms with Gasteiger partial charge in [-0.1, -0.05) is 42.5 Å². The van der Waals surface area contributed by atoms with E-state index in [4.69, 9.17) is 4.74 Å². The normalized spacial score (nSPS) is 29.8. The summed E-state index contributed by atoms with van der Waals surface area (Å²) in [6.07, 6.45) is 1.13. The predicted molar refractivity (Wildman–Crippen MR) is 90.2 cm³/mol. The number of benzene rings is 2. The van der Waals surface area contributed by atoms with Crippen LogP contribution in [0.4, 0.5) is 0 Å². The van der Waals surface area contributed by atoms with E-state index in [0.717, 1.165) is 37.4 Å². The monoisotopic (exact) mass is 309 g/mol. The molecule has 2 aromatic carbocycles. The molecule has 5 rings (SSSR count). The minimum absolute atomic E-state index is 0.332. The highest BCUT2D eigenvalue weighted by Crippen LogP contribution is 2.55. The lowest BCUT2D eigenvalue weighted by Crippen LogP contribution is -2.64. The number of hydrogen-bond acceptors (Lipinski definition) is 3. The molecule has 1 saturated carbocycles. The highest BCUT2D eigenvalue weighted by Gasteiger charge is 2.58. The van der Waals surface area contributed by atoms with Crippen molar-refractivity contribution in [3.63, 3.8) is 0 Å². The van der Waals surface area contributed by atoms with Crippen molar-refractivity contribution in [2.24, 2.45) is 11.8 Å².